The first-order valence-corrected chi connectivity index (χ1v) is 8.87. The molecular formula is C20H23N3O6. The SMILES string of the molecule is NCC(=O)NC(Cc1ccc(O)cc1)C(=O)NC(Cc1ccc(O)cc1)C(=O)O. The molecule has 0 aromatic heterocycles. The van der Waals surface area contributed by atoms with Crippen molar-refractivity contribution in [1.29, 1.82) is 0 Å². The number of carboxylic acid groups (broad SMARTS) is 1. The van der Waals surface area contributed by atoms with Crippen molar-refractivity contribution < 1.29 is 29.7 Å². The van der Waals surface area contributed by atoms with Crippen LogP contribution in [-0.4, -0.2) is 51.7 Å². The molecule has 0 aliphatic rings. The number of nitrogens with two attached hydrogens (primary N) is 1. The Hall–Kier alpha value is -3.59. The fourth-order valence-electron chi connectivity index (χ4n) is 2.67. The summed E-state index contributed by atoms with van der Waals surface area (Å²) in [4.78, 5) is 36.0. The van der Waals surface area contributed by atoms with Crippen LogP contribution in [0.25, 0.3) is 0 Å². The van der Waals surface area contributed by atoms with E-state index in [1.807, 2.05) is 0 Å². The van der Waals surface area contributed by atoms with Gasteiger partial charge in [0.1, 0.15) is 23.6 Å². The summed E-state index contributed by atoms with van der Waals surface area (Å²) in [6.07, 6.45) is 0.0848. The van der Waals surface area contributed by atoms with Crippen LogP contribution in [-0.2, 0) is 27.2 Å². The minimum Gasteiger partial charge on any atom is -0.508 e. The highest BCUT2D eigenvalue weighted by Gasteiger charge is 2.27. The highest BCUT2D eigenvalue weighted by Crippen LogP contribution is 2.13. The van der Waals surface area contributed by atoms with Crippen molar-refractivity contribution >= 4 is 17.8 Å². The quantitative estimate of drug-likeness (QED) is 0.342. The maximum Gasteiger partial charge on any atom is 0.326 e. The summed E-state index contributed by atoms with van der Waals surface area (Å²) in [7, 11) is 0. The second kappa shape index (κ2) is 10.1. The molecule has 9 heteroatoms. The number of amides is 2. The molecule has 0 saturated carbocycles. The van der Waals surface area contributed by atoms with E-state index in [4.69, 9.17) is 5.73 Å². The van der Waals surface area contributed by atoms with Gasteiger partial charge >= 0.3 is 5.97 Å². The summed E-state index contributed by atoms with van der Waals surface area (Å²) in [5.74, 6) is -2.37. The Morgan fingerprint density at radius 2 is 1.24 bits per heavy atom. The van der Waals surface area contributed by atoms with Crippen molar-refractivity contribution in [3.8, 4) is 11.5 Å². The monoisotopic (exact) mass is 401 g/mol. The molecule has 0 aliphatic carbocycles. The predicted molar refractivity (Wildman–Crippen MR) is 104 cm³/mol. The molecule has 2 amide bonds. The Morgan fingerprint density at radius 1 is 0.793 bits per heavy atom. The zero-order valence-corrected chi connectivity index (χ0v) is 15.5. The van der Waals surface area contributed by atoms with Gasteiger partial charge < -0.3 is 31.7 Å². The number of carboxylic acids is 1. The number of aliphatic carboxylic acids is 1. The van der Waals surface area contributed by atoms with Crippen LogP contribution in [0, 0.1) is 0 Å². The van der Waals surface area contributed by atoms with E-state index >= 15 is 0 Å². The van der Waals surface area contributed by atoms with E-state index in [0.29, 0.717) is 11.1 Å². The molecule has 0 fully saturated rings. The van der Waals surface area contributed by atoms with Crippen molar-refractivity contribution in [2.75, 3.05) is 6.54 Å². The van der Waals surface area contributed by atoms with E-state index in [-0.39, 0.29) is 30.9 Å². The van der Waals surface area contributed by atoms with E-state index in [1.165, 1.54) is 24.3 Å². The van der Waals surface area contributed by atoms with Crippen LogP contribution < -0.4 is 16.4 Å². The van der Waals surface area contributed by atoms with E-state index in [2.05, 4.69) is 10.6 Å². The second-order valence-corrected chi connectivity index (χ2v) is 6.46. The average molecular weight is 401 g/mol. The molecule has 0 spiro atoms. The highest BCUT2D eigenvalue weighted by atomic mass is 16.4. The standard InChI is InChI=1S/C20H23N3O6/c21-11-18(26)22-16(9-12-1-5-14(24)6-2-12)19(27)23-17(20(28)29)10-13-3-7-15(25)8-4-13/h1-8,16-17,24-25H,9-11,21H2,(H,22,26)(H,23,27)(H,28,29). The number of carbonyl (C=O) groups is 3. The van der Waals surface area contributed by atoms with Crippen molar-refractivity contribution in [2.45, 2.75) is 24.9 Å². The van der Waals surface area contributed by atoms with Gasteiger partial charge in [0, 0.05) is 12.8 Å². The number of rotatable bonds is 9. The number of hydrogen-bond donors (Lipinski definition) is 6. The van der Waals surface area contributed by atoms with Gasteiger partial charge in [0.15, 0.2) is 0 Å². The number of phenols is 2. The van der Waals surface area contributed by atoms with Crippen LogP contribution in [0.2, 0.25) is 0 Å². The molecule has 0 aliphatic heterocycles. The smallest absolute Gasteiger partial charge is 0.326 e. The third-order valence-electron chi connectivity index (χ3n) is 4.20. The normalized spacial score (nSPS) is 12.6. The van der Waals surface area contributed by atoms with Gasteiger partial charge in [0.25, 0.3) is 0 Å². The molecule has 0 heterocycles. The molecule has 0 bridgehead atoms. The molecule has 154 valence electrons. The Kier molecular flexibility index (Phi) is 7.55. The first-order valence-electron chi connectivity index (χ1n) is 8.87. The zero-order chi connectivity index (χ0) is 21.4. The minimum absolute atomic E-state index is 0.00187. The third kappa shape index (κ3) is 6.82. The molecular weight excluding hydrogens is 378 g/mol. The van der Waals surface area contributed by atoms with Crippen LogP contribution in [0.5, 0.6) is 11.5 Å². The van der Waals surface area contributed by atoms with E-state index in [0.717, 1.165) is 0 Å². The first-order chi connectivity index (χ1) is 13.8. The molecule has 2 aromatic carbocycles. The minimum atomic E-state index is -1.24. The molecule has 2 atom stereocenters. The lowest BCUT2D eigenvalue weighted by atomic mass is 10.0. The van der Waals surface area contributed by atoms with E-state index in [1.54, 1.807) is 24.3 Å². The van der Waals surface area contributed by atoms with Gasteiger partial charge in [-0.05, 0) is 35.4 Å². The van der Waals surface area contributed by atoms with Crippen LogP contribution in [0.1, 0.15) is 11.1 Å². The number of nitrogens with one attached hydrogen (secondary N) is 2. The summed E-state index contributed by atoms with van der Waals surface area (Å²) in [5.41, 5.74) is 6.57. The Balaban J connectivity index is 2.13. The number of benzene rings is 2. The summed E-state index contributed by atoms with van der Waals surface area (Å²) < 4.78 is 0. The Morgan fingerprint density at radius 3 is 1.66 bits per heavy atom. The Labute approximate surface area is 167 Å². The van der Waals surface area contributed by atoms with Crippen LogP contribution in [0.15, 0.2) is 48.5 Å². The molecule has 2 rings (SSSR count). The number of carbonyl (C=O) groups excluding carboxylic acids is 2. The predicted octanol–water partition coefficient (Wildman–Crippen LogP) is -0.104. The summed E-state index contributed by atoms with van der Waals surface area (Å²) in [5, 5.41) is 33.1. The largest absolute Gasteiger partial charge is 0.508 e. The molecule has 29 heavy (non-hydrogen) atoms. The van der Waals surface area contributed by atoms with Gasteiger partial charge in [-0.1, -0.05) is 24.3 Å². The average Bonchev–Trinajstić information content (AvgIpc) is 2.69. The molecule has 0 radical (unpaired) electrons. The fourth-order valence-corrected chi connectivity index (χ4v) is 2.67. The lowest BCUT2D eigenvalue weighted by molar-refractivity contribution is -0.142. The molecule has 2 unspecified atom stereocenters. The summed E-state index contributed by atoms with van der Waals surface area (Å²) >= 11 is 0. The number of hydrogen-bond acceptors (Lipinski definition) is 6. The highest BCUT2D eigenvalue weighted by molar-refractivity contribution is 5.91. The van der Waals surface area contributed by atoms with Crippen molar-refractivity contribution in [1.82, 2.24) is 10.6 Å². The van der Waals surface area contributed by atoms with Crippen molar-refractivity contribution in [2.24, 2.45) is 5.73 Å². The first kappa shape index (κ1) is 21.7. The zero-order valence-electron chi connectivity index (χ0n) is 15.5. The Bertz CT molecular complexity index is 852. The van der Waals surface area contributed by atoms with Gasteiger partial charge in [0.05, 0.1) is 6.54 Å². The van der Waals surface area contributed by atoms with Gasteiger partial charge in [-0.15, -0.1) is 0 Å². The topological polar surface area (TPSA) is 162 Å². The maximum absolute atomic E-state index is 12.7. The molecule has 2 aromatic rings. The van der Waals surface area contributed by atoms with Crippen molar-refractivity contribution in [3.63, 3.8) is 0 Å². The van der Waals surface area contributed by atoms with Gasteiger partial charge in [-0.25, -0.2) is 4.79 Å². The lowest BCUT2D eigenvalue weighted by Crippen LogP contribution is -2.53. The maximum atomic E-state index is 12.7. The number of aromatic hydroxyl groups is 2. The summed E-state index contributed by atoms with van der Waals surface area (Å²) in [6, 6.07) is 9.76. The van der Waals surface area contributed by atoms with Crippen molar-refractivity contribution in [3.05, 3.63) is 59.7 Å². The third-order valence-corrected chi connectivity index (χ3v) is 4.20. The van der Waals surface area contributed by atoms with Gasteiger partial charge in [0.2, 0.25) is 11.8 Å². The molecule has 0 saturated heterocycles. The lowest BCUT2D eigenvalue weighted by Gasteiger charge is -2.21. The summed E-state index contributed by atoms with van der Waals surface area (Å²) in [6.45, 7) is -0.324. The molecule has 9 nitrogen and oxygen atoms in total. The van der Waals surface area contributed by atoms with Gasteiger partial charge in [-0.2, -0.15) is 0 Å². The van der Waals surface area contributed by atoms with E-state index < -0.39 is 29.9 Å². The van der Waals surface area contributed by atoms with Crippen LogP contribution in [0.3, 0.4) is 0 Å². The second-order valence-electron chi connectivity index (χ2n) is 6.46. The van der Waals surface area contributed by atoms with Crippen LogP contribution in [0.4, 0.5) is 0 Å². The van der Waals surface area contributed by atoms with Gasteiger partial charge in [-0.3, -0.25) is 9.59 Å². The number of phenolic OH excluding ortho intramolecular Hbond substituents is 2. The molecule has 7 N–H and O–H groups in total. The van der Waals surface area contributed by atoms with Crippen LogP contribution >= 0.6 is 0 Å². The fraction of sp³-hybridized carbons (Fsp3) is 0.250. The van der Waals surface area contributed by atoms with E-state index in [9.17, 15) is 29.7 Å².